The third kappa shape index (κ3) is 6.12. The van der Waals surface area contributed by atoms with Crippen LogP contribution in [0.15, 0.2) is 67.1 Å². The molecule has 0 saturated heterocycles. The summed E-state index contributed by atoms with van der Waals surface area (Å²) in [7, 11) is 1.48. The SMILES string of the molecule is COCCn1c(Cc2c(F)cc(-c3cccc(OCc4cnc(-n5ccnn5)cc4Cl)n3)c(F)c2F)nc2ccc(C(=O)O)cc21. The summed E-state index contributed by atoms with van der Waals surface area (Å²) in [5.74, 6) is -4.13. The number of halogens is 4. The standard InChI is InChI=1S/C31H23ClF3N7O4/c1-45-10-9-41-25-11-17(31(43)44)5-6-24(25)38-27(41)13-19-22(33)12-20(30(35)29(19)34)23-3-2-4-28(39-23)46-16-18-15-36-26(14-21(18)32)42-8-7-37-40-42/h2-8,11-12,14-15H,9-10,13,16H2,1H3,(H,43,44). The number of ether oxygens (including phenoxy) is 2. The lowest BCUT2D eigenvalue weighted by Crippen LogP contribution is -2.11. The molecule has 0 saturated carbocycles. The highest BCUT2D eigenvalue weighted by Gasteiger charge is 2.24. The Bertz CT molecular complexity index is 2070. The van der Waals surface area contributed by atoms with E-state index >= 15 is 13.2 Å². The van der Waals surface area contributed by atoms with Crippen molar-refractivity contribution in [2.45, 2.75) is 19.6 Å². The van der Waals surface area contributed by atoms with E-state index in [0.717, 1.165) is 6.07 Å². The highest BCUT2D eigenvalue weighted by molar-refractivity contribution is 6.31. The van der Waals surface area contributed by atoms with Crippen LogP contribution in [0, 0.1) is 17.5 Å². The number of methoxy groups -OCH3 is 1. The molecule has 2 aromatic carbocycles. The van der Waals surface area contributed by atoms with Gasteiger partial charge in [-0.2, -0.15) is 0 Å². The van der Waals surface area contributed by atoms with Crippen LogP contribution < -0.4 is 4.74 Å². The van der Waals surface area contributed by atoms with Gasteiger partial charge in [-0.15, -0.1) is 5.10 Å². The molecule has 0 radical (unpaired) electrons. The van der Waals surface area contributed by atoms with Crippen LogP contribution in [0.25, 0.3) is 28.1 Å². The lowest BCUT2D eigenvalue weighted by Gasteiger charge is -2.13. The maximum atomic E-state index is 15.5. The molecule has 6 rings (SSSR count). The van der Waals surface area contributed by atoms with Gasteiger partial charge in [-0.25, -0.2) is 37.6 Å². The van der Waals surface area contributed by atoms with Gasteiger partial charge in [0.05, 0.1) is 46.3 Å². The van der Waals surface area contributed by atoms with Gasteiger partial charge in [0.1, 0.15) is 18.2 Å². The van der Waals surface area contributed by atoms with Crippen LogP contribution in [0.2, 0.25) is 5.02 Å². The van der Waals surface area contributed by atoms with E-state index in [1.165, 1.54) is 60.6 Å². The second kappa shape index (κ2) is 12.9. The Hall–Kier alpha value is -5.34. The second-order valence-corrected chi connectivity index (χ2v) is 10.4. The van der Waals surface area contributed by atoms with Crippen molar-refractivity contribution in [2.24, 2.45) is 0 Å². The minimum Gasteiger partial charge on any atom is -0.478 e. The third-order valence-corrected chi connectivity index (χ3v) is 7.48. The van der Waals surface area contributed by atoms with Gasteiger partial charge >= 0.3 is 5.97 Å². The number of carbonyl (C=O) groups is 1. The molecule has 6 aromatic rings. The molecule has 0 fully saturated rings. The van der Waals surface area contributed by atoms with Crippen molar-refractivity contribution in [1.29, 1.82) is 0 Å². The average Bonchev–Trinajstić information content (AvgIpc) is 3.71. The molecule has 0 bridgehead atoms. The van der Waals surface area contributed by atoms with Gasteiger partial charge in [-0.05, 0) is 30.3 Å². The van der Waals surface area contributed by atoms with E-state index < -0.39 is 41.0 Å². The number of fused-ring (bicyclic) bond motifs is 1. The van der Waals surface area contributed by atoms with Gasteiger partial charge in [0.25, 0.3) is 0 Å². The number of carboxylic acid groups (broad SMARTS) is 1. The summed E-state index contributed by atoms with van der Waals surface area (Å²) in [6.07, 6.45) is 4.21. The van der Waals surface area contributed by atoms with E-state index in [0.29, 0.717) is 27.4 Å². The minimum absolute atomic E-state index is 0.0184. The molecule has 0 spiro atoms. The predicted molar refractivity (Wildman–Crippen MR) is 159 cm³/mol. The topological polar surface area (TPSA) is 130 Å². The van der Waals surface area contributed by atoms with E-state index in [1.807, 2.05) is 0 Å². The number of imidazole rings is 1. The first-order valence-electron chi connectivity index (χ1n) is 13.7. The Labute approximate surface area is 263 Å². The van der Waals surface area contributed by atoms with Crippen molar-refractivity contribution in [3.63, 3.8) is 0 Å². The predicted octanol–water partition coefficient (Wildman–Crippen LogP) is 5.66. The largest absolute Gasteiger partial charge is 0.478 e. The molecule has 1 N–H and O–H groups in total. The van der Waals surface area contributed by atoms with E-state index in [2.05, 4.69) is 25.3 Å². The maximum absolute atomic E-state index is 15.5. The van der Waals surface area contributed by atoms with Crippen LogP contribution in [0.5, 0.6) is 5.88 Å². The van der Waals surface area contributed by atoms with Crippen molar-refractivity contribution in [3.05, 3.63) is 112 Å². The van der Waals surface area contributed by atoms with E-state index in [-0.39, 0.29) is 42.7 Å². The van der Waals surface area contributed by atoms with Crippen molar-refractivity contribution in [3.8, 4) is 23.0 Å². The Morgan fingerprint density at radius 1 is 1.07 bits per heavy atom. The Balaban J connectivity index is 1.26. The Kier molecular flexibility index (Phi) is 8.63. The molecule has 46 heavy (non-hydrogen) atoms. The smallest absolute Gasteiger partial charge is 0.335 e. The minimum atomic E-state index is -1.40. The second-order valence-electron chi connectivity index (χ2n) is 10.0. The fourth-order valence-corrected chi connectivity index (χ4v) is 5.02. The summed E-state index contributed by atoms with van der Waals surface area (Å²) in [6, 6.07) is 11.2. The normalized spacial score (nSPS) is 11.3. The molecule has 11 nitrogen and oxygen atoms in total. The van der Waals surface area contributed by atoms with Crippen molar-refractivity contribution in [2.75, 3.05) is 13.7 Å². The van der Waals surface area contributed by atoms with Crippen LogP contribution in [-0.4, -0.2) is 59.3 Å². The summed E-state index contributed by atoms with van der Waals surface area (Å²) in [4.78, 5) is 24.5. The monoisotopic (exact) mass is 649 g/mol. The quantitative estimate of drug-likeness (QED) is 0.177. The van der Waals surface area contributed by atoms with Gasteiger partial charge < -0.3 is 19.1 Å². The van der Waals surface area contributed by atoms with Gasteiger partial charge in [-0.1, -0.05) is 22.9 Å². The molecule has 15 heteroatoms. The summed E-state index contributed by atoms with van der Waals surface area (Å²) in [5.41, 5.74) is 0.398. The molecule has 0 aliphatic rings. The molecule has 4 heterocycles. The van der Waals surface area contributed by atoms with Crippen LogP contribution in [-0.2, 0) is 24.3 Å². The number of aromatic nitrogens is 7. The van der Waals surface area contributed by atoms with E-state index in [9.17, 15) is 9.90 Å². The molecule has 234 valence electrons. The molecule has 0 aliphatic carbocycles. The van der Waals surface area contributed by atoms with Gasteiger partial charge in [0, 0.05) is 55.1 Å². The number of carboxylic acids is 1. The Morgan fingerprint density at radius 2 is 1.91 bits per heavy atom. The molecule has 0 aliphatic heterocycles. The van der Waals surface area contributed by atoms with Gasteiger partial charge in [0.15, 0.2) is 17.5 Å². The maximum Gasteiger partial charge on any atom is 0.335 e. The summed E-state index contributed by atoms with van der Waals surface area (Å²) >= 11 is 6.37. The van der Waals surface area contributed by atoms with E-state index in [4.69, 9.17) is 21.1 Å². The fraction of sp³-hybridized carbons (Fsp3) is 0.161. The highest BCUT2D eigenvalue weighted by Crippen LogP contribution is 2.31. The number of pyridine rings is 2. The van der Waals surface area contributed by atoms with Crippen LogP contribution in [0.4, 0.5) is 13.2 Å². The molecular weight excluding hydrogens is 627 g/mol. The zero-order valence-corrected chi connectivity index (χ0v) is 24.7. The number of hydrogen-bond acceptors (Lipinski definition) is 8. The van der Waals surface area contributed by atoms with Crippen LogP contribution in [0.1, 0.15) is 27.3 Å². The zero-order chi connectivity index (χ0) is 32.4. The fourth-order valence-electron chi connectivity index (χ4n) is 4.82. The molecule has 0 unspecified atom stereocenters. The summed E-state index contributed by atoms with van der Waals surface area (Å²) < 4.78 is 60.4. The van der Waals surface area contributed by atoms with Gasteiger partial charge in [0.2, 0.25) is 5.88 Å². The number of nitrogens with zero attached hydrogens (tertiary/aromatic N) is 7. The lowest BCUT2D eigenvalue weighted by molar-refractivity contribution is 0.0697. The first-order valence-corrected chi connectivity index (χ1v) is 14.1. The molecule has 0 atom stereocenters. The number of aromatic carboxylic acids is 1. The first kappa shape index (κ1) is 30.7. The number of rotatable bonds is 11. The van der Waals surface area contributed by atoms with E-state index in [1.54, 1.807) is 16.8 Å². The average molecular weight is 650 g/mol. The highest BCUT2D eigenvalue weighted by atomic mass is 35.5. The number of benzene rings is 2. The van der Waals surface area contributed by atoms with Crippen LogP contribution >= 0.6 is 11.6 Å². The third-order valence-electron chi connectivity index (χ3n) is 7.13. The summed E-state index contributed by atoms with van der Waals surface area (Å²) in [6.45, 7) is 0.399. The molecule has 4 aromatic heterocycles. The number of hydrogen-bond donors (Lipinski definition) is 1. The first-order chi connectivity index (χ1) is 22.2. The Morgan fingerprint density at radius 3 is 2.65 bits per heavy atom. The molecular formula is C31H23ClF3N7O4. The molecule has 0 amide bonds. The van der Waals surface area contributed by atoms with Crippen molar-refractivity contribution in [1.82, 2.24) is 34.5 Å². The van der Waals surface area contributed by atoms with Crippen molar-refractivity contribution >= 4 is 28.6 Å². The summed E-state index contributed by atoms with van der Waals surface area (Å²) in [5, 5.41) is 17.3. The lowest BCUT2D eigenvalue weighted by atomic mass is 10.0. The zero-order valence-electron chi connectivity index (χ0n) is 24.0. The van der Waals surface area contributed by atoms with Crippen LogP contribution in [0.3, 0.4) is 0 Å². The van der Waals surface area contributed by atoms with Crippen molar-refractivity contribution < 1.29 is 32.5 Å². The van der Waals surface area contributed by atoms with Gasteiger partial charge in [-0.3, -0.25) is 0 Å².